The summed E-state index contributed by atoms with van der Waals surface area (Å²) < 4.78 is 0. The van der Waals surface area contributed by atoms with Gasteiger partial charge in [0, 0.05) is 24.6 Å². The first-order chi connectivity index (χ1) is 8.65. The third-order valence-electron chi connectivity index (χ3n) is 2.72. The molecule has 0 radical (unpaired) electrons. The van der Waals surface area contributed by atoms with Gasteiger partial charge in [0.05, 0.1) is 5.69 Å². The Morgan fingerprint density at radius 1 is 1.28 bits per heavy atom. The molecule has 2 rings (SSSR count). The van der Waals surface area contributed by atoms with Crippen LogP contribution in [0.5, 0.6) is 0 Å². The smallest absolute Gasteiger partial charge is 0.130 e. The molecular weight excluding hydrogens is 224 g/mol. The van der Waals surface area contributed by atoms with Gasteiger partial charge in [-0.3, -0.25) is 0 Å². The van der Waals surface area contributed by atoms with Gasteiger partial charge in [0.1, 0.15) is 11.6 Å². The highest BCUT2D eigenvalue weighted by molar-refractivity contribution is 5.75. The number of carbonyl (C=O) groups excluding carboxylic acids is 1. The molecule has 0 aliphatic rings. The summed E-state index contributed by atoms with van der Waals surface area (Å²) in [6.07, 6.45) is 2.85. The molecule has 2 aromatic rings. The first-order valence-electron chi connectivity index (χ1n) is 6.03. The second kappa shape index (κ2) is 5.54. The predicted molar refractivity (Wildman–Crippen MR) is 71.2 cm³/mol. The quantitative estimate of drug-likeness (QED) is 0.825. The Morgan fingerprint density at radius 2 is 2.11 bits per heavy atom. The van der Waals surface area contributed by atoms with E-state index in [0.717, 1.165) is 17.1 Å². The molecule has 3 heteroatoms. The van der Waals surface area contributed by atoms with Crippen LogP contribution in [0.2, 0.25) is 0 Å². The third kappa shape index (κ3) is 3.23. The lowest BCUT2D eigenvalue weighted by Gasteiger charge is -2.04. The van der Waals surface area contributed by atoms with Gasteiger partial charge < -0.3 is 4.79 Å². The Kier molecular flexibility index (Phi) is 3.82. The summed E-state index contributed by atoms with van der Waals surface area (Å²) in [5, 5.41) is 0. The SMILES string of the molecule is CC(=O)CCc1nccc(-c2cccc(C)c2)n1. The van der Waals surface area contributed by atoms with Gasteiger partial charge in [-0.05, 0) is 26.0 Å². The van der Waals surface area contributed by atoms with Crippen LogP contribution in [0.15, 0.2) is 36.5 Å². The van der Waals surface area contributed by atoms with E-state index in [1.54, 1.807) is 13.1 Å². The van der Waals surface area contributed by atoms with E-state index in [1.165, 1.54) is 5.56 Å². The second-order valence-corrected chi connectivity index (χ2v) is 4.43. The van der Waals surface area contributed by atoms with Gasteiger partial charge in [0.2, 0.25) is 0 Å². The van der Waals surface area contributed by atoms with E-state index in [1.807, 2.05) is 18.2 Å². The summed E-state index contributed by atoms with van der Waals surface area (Å²) in [5.41, 5.74) is 3.20. The highest BCUT2D eigenvalue weighted by Gasteiger charge is 2.03. The van der Waals surface area contributed by atoms with Crippen LogP contribution in [-0.2, 0) is 11.2 Å². The third-order valence-corrected chi connectivity index (χ3v) is 2.72. The van der Waals surface area contributed by atoms with Crippen molar-refractivity contribution in [1.82, 2.24) is 9.97 Å². The van der Waals surface area contributed by atoms with Gasteiger partial charge in [-0.2, -0.15) is 0 Å². The molecule has 92 valence electrons. The van der Waals surface area contributed by atoms with E-state index in [4.69, 9.17) is 0 Å². The first-order valence-corrected chi connectivity index (χ1v) is 6.03. The molecule has 0 unspecified atom stereocenters. The maximum absolute atomic E-state index is 11.0. The average Bonchev–Trinajstić information content (AvgIpc) is 2.37. The number of rotatable bonds is 4. The number of hydrogen-bond donors (Lipinski definition) is 0. The topological polar surface area (TPSA) is 42.9 Å². The van der Waals surface area contributed by atoms with Gasteiger partial charge in [0.15, 0.2) is 0 Å². The number of hydrogen-bond acceptors (Lipinski definition) is 3. The molecule has 0 aliphatic heterocycles. The molecule has 1 aromatic carbocycles. The summed E-state index contributed by atoms with van der Waals surface area (Å²) in [6, 6.07) is 10.1. The lowest BCUT2D eigenvalue weighted by molar-refractivity contribution is -0.117. The van der Waals surface area contributed by atoms with Crippen LogP contribution in [0.25, 0.3) is 11.3 Å². The Bertz CT molecular complexity index is 564. The van der Waals surface area contributed by atoms with Crippen LogP contribution in [-0.4, -0.2) is 15.8 Å². The van der Waals surface area contributed by atoms with Gasteiger partial charge in [-0.25, -0.2) is 9.97 Å². The van der Waals surface area contributed by atoms with Crippen molar-refractivity contribution in [1.29, 1.82) is 0 Å². The zero-order valence-corrected chi connectivity index (χ0v) is 10.7. The lowest BCUT2D eigenvalue weighted by atomic mass is 10.1. The fourth-order valence-electron chi connectivity index (χ4n) is 1.77. The number of carbonyl (C=O) groups is 1. The van der Waals surface area contributed by atoms with E-state index in [9.17, 15) is 4.79 Å². The molecule has 1 heterocycles. The minimum Gasteiger partial charge on any atom is -0.300 e. The molecule has 0 atom stereocenters. The Balaban J connectivity index is 2.24. The van der Waals surface area contributed by atoms with Gasteiger partial charge in [-0.1, -0.05) is 23.8 Å². The summed E-state index contributed by atoms with van der Waals surface area (Å²) >= 11 is 0. The van der Waals surface area contributed by atoms with Crippen LogP contribution < -0.4 is 0 Å². The monoisotopic (exact) mass is 240 g/mol. The minimum absolute atomic E-state index is 0.166. The Morgan fingerprint density at radius 3 is 2.83 bits per heavy atom. The van der Waals surface area contributed by atoms with Crippen molar-refractivity contribution in [2.75, 3.05) is 0 Å². The van der Waals surface area contributed by atoms with Crippen molar-refractivity contribution in [3.8, 4) is 11.3 Å². The van der Waals surface area contributed by atoms with Crippen molar-refractivity contribution in [2.24, 2.45) is 0 Å². The summed E-state index contributed by atoms with van der Waals surface area (Å²) in [6.45, 7) is 3.64. The molecular formula is C15H16N2O. The van der Waals surface area contributed by atoms with Crippen molar-refractivity contribution in [2.45, 2.75) is 26.7 Å². The van der Waals surface area contributed by atoms with Crippen LogP contribution in [0.4, 0.5) is 0 Å². The molecule has 0 fully saturated rings. The fraction of sp³-hybridized carbons (Fsp3) is 0.267. The summed E-state index contributed by atoms with van der Waals surface area (Å²) in [5.74, 6) is 0.892. The average molecular weight is 240 g/mol. The lowest BCUT2D eigenvalue weighted by Crippen LogP contribution is -2.00. The van der Waals surface area contributed by atoms with E-state index < -0.39 is 0 Å². The first kappa shape index (κ1) is 12.4. The van der Waals surface area contributed by atoms with E-state index in [0.29, 0.717) is 12.8 Å². The van der Waals surface area contributed by atoms with Gasteiger partial charge in [-0.15, -0.1) is 0 Å². The maximum atomic E-state index is 11.0. The van der Waals surface area contributed by atoms with Crippen molar-refractivity contribution in [3.05, 3.63) is 47.9 Å². The number of aryl methyl sites for hydroxylation is 2. The van der Waals surface area contributed by atoms with Gasteiger partial charge >= 0.3 is 0 Å². The molecule has 18 heavy (non-hydrogen) atoms. The van der Waals surface area contributed by atoms with Crippen LogP contribution in [0, 0.1) is 6.92 Å². The van der Waals surface area contributed by atoms with Crippen LogP contribution in [0.1, 0.15) is 24.7 Å². The maximum Gasteiger partial charge on any atom is 0.130 e. The number of aromatic nitrogens is 2. The van der Waals surface area contributed by atoms with Crippen molar-refractivity contribution >= 4 is 5.78 Å². The molecule has 0 N–H and O–H groups in total. The normalized spacial score (nSPS) is 10.3. The van der Waals surface area contributed by atoms with E-state index in [-0.39, 0.29) is 5.78 Å². The number of nitrogens with zero attached hydrogens (tertiary/aromatic N) is 2. The second-order valence-electron chi connectivity index (χ2n) is 4.43. The summed E-state index contributed by atoms with van der Waals surface area (Å²) in [7, 11) is 0. The Labute approximate surface area is 107 Å². The summed E-state index contributed by atoms with van der Waals surface area (Å²) in [4.78, 5) is 19.6. The molecule has 0 aliphatic carbocycles. The predicted octanol–water partition coefficient (Wildman–Crippen LogP) is 2.97. The molecule has 0 bridgehead atoms. The largest absolute Gasteiger partial charge is 0.300 e. The van der Waals surface area contributed by atoms with Crippen molar-refractivity contribution < 1.29 is 4.79 Å². The fourth-order valence-corrected chi connectivity index (χ4v) is 1.77. The number of ketones is 1. The zero-order valence-electron chi connectivity index (χ0n) is 10.7. The van der Waals surface area contributed by atoms with Gasteiger partial charge in [0.25, 0.3) is 0 Å². The highest BCUT2D eigenvalue weighted by atomic mass is 16.1. The molecule has 0 saturated heterocycles. The van der Waals surface area contributed by atoms with E-state index in [2.05, 4.69) is 29.0 Å². The standard InChI is InChI=1S/C15H16N2O/c1-11-4-3-5-13(10-11)14-8-9-16-15(17-14)7-6-12(2)18/h3-5,8-10H,6-7H2,1-2H3. The highest BCUT2D eigenvalue weighted by Crippen LogP contribution is 2.17. The molecule has 0 spiro atoms. The molecule has 3 nitrogen and oxygen atoms in total. The zero-order chi connectivity index (χ0) is 13.0. The Hall–Kier alpha value is -2.03. The number of benzene rings is 1. The molecule has 1 aromatic heterocycles. The molecule has 0 saturated carbocycles. The van der Waals surface area contributed by atoms with Crippen molar-refractivity contribution in [3.63, 3.8) is 0 Å². The van der Waals surface area contributed by atoms with Crippen LogP contribution >= 0.6 is 0 Å². The van der Waals surface area contributed by atoms with Crippen LogP contribution in [0.3, 0.4) is 0 Å². The molecule has 0 amide bonds. The number of Topliss-reactive ketones (excluding diaryl/α,β-unsaturated/α-hetero) is 1. The van der Waals surface area contributed by atoms with E-state index >= 15 is 0 Å². The minimum atomic E-state index is 0.166.